The van der Waals surface area contributed by atoms with Crippen molar-refractivity contribution < 1.29 is 13.2 Å². The van der Waals surface area contributed by atoms with Gasteiger partial charge in [0.25, 0.3) is 5.91 Å². The third-order valence-corrected chi connectivity index (χ3v) is 8.26. The topological polar surface area (TPSA) is 70.6 Å². The summed E-state index contributed by atoms with van der Waals surface area (Å²) in [6, 6.07) is 12.7. The first-order valence-electron chi connectivity index (χ1n) is 10.6. The Balaban J connectivity index is 2.01. The number of sulfone groups is 1. The van der Waals surface area contributed by atoms with Gasteiger partial charge in [-0.3, -0.25) is 9.69 Å². The summed E-state index contributed by atoms with van der Waals surface area (Å²) in [7, 11) is -3.43. The molecule has 0 bridgehead atoms. The van der Waals surface area contributed by atoms with Gasteiger partial charge in [0.15, 0.2) is 15.0 Å². The van der Waals surface area contributed by atoms with E-state index in [2.05, 4.69) is 30.7 Å². The zero-order valence-corrected chi connectivity index (χ0v) is 21.3. The fourth-order valence-corrected chi connectivity index (χ4v) is 5.98. The van der Waals surface area contributed by atoms with Crippen LogP contribution in [0.2, 0.25) is 0 Å². The number of hydrogen-bond donors (Lipinski definition) is 0. The first-order chi connectivity index (χ1) is 15.3. The molecule has 0 aliphatic rings. The summed E-state index contributed by atoms with van der Waals surface area (Å²) in [5.41, 5.74) is 1.01. The molecule has 0 aliphatic carbocycles. The average molecular weight is 492 g/mol. The van der Waals surface area contributed by atoms with Crippen molar-refractivity contribution in [2.24, 2.45) is 0 Å². The van der Waals surface area contributed by atoms with E-state index < -0.39 is 9.84 Å². The summed E-state index contributed by atoms with van der Waals surface area (Å²) < 4.78 is 25.2. The number of benzene rings is 2. The van der Waals surface area contributed by atoms with Crippen LogP contribution in [-0.4, -0.2) is 62.4 Å². The molecule has 6 nitrogen and oxygen atoms in total. The summed E-state index contributed by atoms with van der Waals surface area (Å²) in [5, 5.41) is 0.514. The molecule has 3 rings (SSSR count). The molecule has 0 atom stereocenters. The maximum Gasteiger partial charge on any atom is 0.260 e. The number of rotatable bonds is 10. The third kappa shape index (κ3) is 5.70. The van der Waals surface area contributed by atoms with Crippen LogP contribution in [0.3, 0.4) is 0 Å². The lowest BCUT2D eigenvalue weighted by Gasteiger charge is -2.24. The molecule has 1 amide bonds. The summed E-state index contributed by atoms with van der Waals surface area (Å²) in [6.45, 7) is 9.23. The van der Waals surface area contributed by atoms with Crippen LogP contribution in [-0.2, 0) is 9.84 Å². The lowest BCUT2D eigenvalue weighted by Crippen LogP contribution is -2.38. The molecule has 3 aromatic rings. The predicted molar refractivity (Wildman–Crippen MR) is 135 cm³/mol. The number of hydrogen-bond acceptors (Lipinski definition) is 7. The zero-order valence-electron chi connectivity index (χ0n) is 18.9. The van der Waals surface area contributed by atoms with Gasteiger partial charge in [0, 0.05) is 29.8 Å². The molecule has 9 heteroatoms. The van der Waals surface area contributed by atoms with Crippen molar-refractivity contribution in [2.75, 3.05) is 43.1 Å². The van der Waals surface area contributed by atoms with Gasteiger partial charge < -0.3 is 4.90 Å². The minimum atomic E-state index is -3.43. The highest BCUT2D eigenvalue weighted by molar-refractivity contribution is 7.99. The molecule has 0 saturated heterocycles. The second-order valence-electron chi connectivity index (χ2n) is 7.31. The Morgan fingerprint density at radius 3 is 2.31 bits per heavy atom. The number of thioether (sulfide) groups is 1. The van der Waals surface area contributed by atoms with Gasteiger partial charge >= 0.3 is 0 Å². The Morgan fingerprint density at radius 1 is 1.03 bits per heavy atom. The van der Waals surface area contributed by atoms with E-state index in [1.165, 1.54) is 17.6 Å². The predicted octanol–water partition coefficient (Wildman–Crippen LogP) is 4.80. The lowest BCUT2D eigenvalue weighted by atomic mass is 10.2. The highest BCUT2D eigenvalue weighted by Crippen LogP contribution is 2.33. The van der Waals surface area contributed by atoms with Crippen LogP contribution in [0.25, 0.3) is 10.2 Å². The average Bonchev–Trinajstić information content (AvgIpc) is 3.20. The molecule has 0 unspecified atom stereocenters. The van der Waals surface area contributed by atoms with E-state index in [0.29, 0.717) is 29.3 Å². The van der Waals surface area contributed by atoms with Crippen LogP contribution in [0.1, 0.15) is 31.1 Å². The minimum Gasteiger partial charge on any atom is -0.302 e. The number of likely N-dealkylation sites (N-methyl/N-ethyl adjacent to an activating group) is 1. The van der Waals surface area contributed by atoms with Crippen molar-refractivity contribution in [3.05, 3.63) is 48.0 Å². The maximum atomic E-state index is 13.5. The number of amides is 1. The van der Waals surface area contributed by atoms with Crippen molar-refractivity contribution in [1.29, 1.82) is 0 Å². The van der Waals surface area contributed by atoms with E-state index in [-0.39, 0.29) is 10.8 Å². The first kappa shape index (κ1) is 24.7. The number of thiazole rings is 1. The molecule has 0 aliphatic heterocycles. The van der Waals surface area contributed by atoms with Crippen molar-refractivity contribution >= 4 is 54.2 Å². The van der Waals surface area contributed by atoms with E-state index in [1.807, 2.05) is 30.3 Å². The maximum absolute atomic E-state index is 13.5. The molecule has 1 aromatic heterocycles. The highest BCUT2D eigenvalue weighted by atomic mass is 32.2. The molecule has 0 radical (unpaired) electrons. The summed E-state index contributed by atoms with van der Waals surface area (Å²) >= 11 is 3.07. The zero-order chi connectivity index (χ0) is 23.3. The van der Waals surface area contributed by atoms with E-state index in [0.717, 1.165) is 28.4 Å². The van der Waals surface area contributed by atoms with Gasteiger partial charge in [0.1, 0.15) is 5.52 Å². The second kappa shape index (κ2) is 10.8. The van der Waals surface area contributed by atoms with E-state index in [1.54, 1.807) is 28.8 Å². The molecule has 0 saturated carbocycles. The number of para-hydroxylation sites is 1. The molecule has 0 fully saturated rings. The van der Waals surface area contributed by atoms with Gasteiger partial charge in [-0.05, 0) is 55.2 Å². The lowest BCUT2D eigenvalue weighted by molar-refractivity contribution is 0.0983. The first-order valence-corrected chi connectivity index (χ1v) is 14.3. The van der Waals surface area contributed by atoms with Gasteiger partial charge in [-0.1, -0.05) is 38.2 Å². The van der Waals surface area contributed by atoms with E-state index in [9.17, 15) is 13.2 Å². The number of carbonyl (C=O) groups is 1. The van der Waals surface area contributed by atoms with Gasteiger partial charge in [-0.2, -0.15) is 0 Å². The Bertz CT molecular complexity index is 1170. The summed E-state index contributed by atoms with van der Waals surface area (Å²) in [5.74, 6) is 0.836. The molecule has 0 spiro atoms. The summed E-state index contributed by atoms with van der Waals surface area (Å²) in [6.07, 6.45) is 1.18. The van der Waals surface area contributed by atoms with Gasteiger partial charge in [-0.25, -0.2) is 13.4 Å². The Labute approximate surface area is 198 Å². The Kier molecular flexibility index (Phi) is 8.32. The number of anilines is 1. The van der Waals surface area contributed by atoms with Crippen LogP contribution in [0.4, 0.5) is 5.13 Å². The van der Waals surface area contributed by atoms with Crippen LogP contribution < -0.4 is 4.90 Å². The van der Waals surface area contributed by atoms with Gasteiger partial charge in [0.05, 0.1) is 9.60 Å². The molecule has 32 heavy (non-hydrogen) atoms. The van der Waals surface area contributed by atoms with Crippen molar-refractivity contribution in [3.63, 3.8) is 0 Å². The smallest absolute Gasteiger partial charge is 0.260 e. The van der Waals surface area contributed by atoms with Crippen molar-refractivity contribution in [1.82, 2.24) is 9.88 Å². The molecule has 1 heterocycles. The Hall–Kier alpha value is -1.94. The molecule has 2 aromatic carbocycles. The Morgan fingerprint density at radius 2 is 1.72 bits per heavy atom. The van der Waals surface area contributed by atoms with Gasteiger partial charge in [-0.15, -0.1) is 11.8 Å². The van der Waals surface area contributed by atoms with Crippen LogP contribution in [0, 0.1) is 0 Å². The number of nitrogens with zero attached hydrogens (tertiary/aromatic N) is 3. The van der Waals surface area contributed by atoms with Crippen molar-refractivity contribution in [2.45, 2.75) is 30.6 Å². The monoisotopic (exact) mass is 491 g/mol. The van der Waals surface area contributed by atoms with Crippen LogP contribution in [0.5, 0.6) is 0 Å². The number of fused-ring (bicyclic) bond motifs is 1. The van der Waals surface area contributed by atoms with Gasteiger partial charge in [0.2, 0.25) is 0 Å². The number of carbonyl (C=O) groups excluding carboxylic acids is 1. The molecule has 0 N–H and O–H groups in total. The van der Waals surface area contributed by atoms with E-state index in [4.69, 9.17) is 0 Å². The highest BCUT2D eigenvalue weighted by Gasteiger charge is 2.24. The molecule has 172 valence electrons. The largest absolute Gasteiger partial charge is 0.302 e. The summed E-state index contributed by atoms with van der Waals surface area (Å²) in [4.78, 5) is 23.4. The van der Waals surface area contributed by atoms with E-state index >= 15 is 0 Å². The normalized spacial score (nSPS) is 11.9. The standard InChI is InChI=1S/C23H29N3O3S3/c1-5-25(6-2)15-16-26(22(27)17-11-13-18(14-12-17)30-7-3)23-24-21-19(31-23)9-8-10-20(21)32(4,28)29/h8-14H,5-7,15-16H2,1-4H3. The molecular weight excluding hydrogens is 462 g/mol. The minimum absolute atomic E-state index is 0.134. The third-order valence-electron chi connectivity index (χ3n) is 5.19. The van der Waals surface area contributed by atoms with Crippen LogP contribution in [0.15, 0.2) is 52.3 Å². The fourth-order valence-electron chi connectivity index (χ4n) is 3.41. The van der Waals surface area contributed by atoms with Crippen LogP contribution >= 0.6 is 23.1 Å². The second-order valence-corrected chi connectivity index (χ2v) is 11.6. The molecular formula is C23H29N3O3S3. The quantitative estimate of drug-likeness (QED) is 0.380. The van der Waals surface area contributed by atoms with Crippen molar-refractivity contribution in [3.8, 4) is 0 Å². The fraction of sp³-hybridized carbons (Fsp3) is 0.391. The SMILES string of the molecule is CCSc1ccc(C(=O)N(CCN(CC)CC)c2nc3c(S(C)(=O)=O)cccc3s2)cc1. The number of aromatic nitrogens is 1.